The number of halogens is 1. The van der Waals surface area contributed by atoms with E-state index >= 15 is 0 Å². The third-order valence-electron chi connectivity index (χ3n) is 5.45. The molecule has 7 nitrogen and oxygen atoms in total. The maximum atomic E-state index is 12.8. The van der Waals surface area contributed by atoms with E-state index in [2.05, 4.69) is 0 Å². The zero-order valence-electron chi connectivity index (χ0n) is 19.3. The van der Waals surface area contributed by atoms with Gasteiger partial charge in [0, 0.05) is 23.9 Å². The summed E-state index contributed by atoms with van der Waals surface area (Å²) in [6, 6.07) is 13.2. The van der Waals surface area contributed by atoms with Gasteiger partial charge in [-0.15, -0.1) is 0 Å². The standard InChI is InChI=1S/C26H28ClNO6/c1-4-33-26(32)19-13-28(22(14-29)16(2)3)21(11-23(19)30)18-10-20(27)25(12-24(18)31)34-15-17-8-6-5-7-9-17/h5-13,16,22,29,31H,4,14-15H2,1-3H3/t22-/m0/s1. The zero-order valence-corrected chi connectivity index (χ0v) is 20.1. The van der Waals surface area contributed by atoms with Gasteiger partial charge in [-0.05, 0) is 24.5 Å². The maximum absolute atomic E-state index is 12.8. The fourth-order valence-corrected chi connectivity index (χ4v) is 3.83. The lowest BCUT2D eigenvalue weighted by molar-refractivity contribution is 0.0523. The molecule has 0 fully saturated rings. The number of carbonyl (C=O) groups excluding carboxylic acids is 1. The van der Waals surface area contributed by atoms with Crippen molar-refractivity contribution >= 4 is 17.6 Å². The van der Waals surface area contributed by atoms with E-state index in [1.54, 1.807) is 11.5 Å². The molecule has 1 atom stereocenters. The minimum absolute atomic E-state index is 0.0487. The average Bonchev–Trinajstić information content (AvgIpc) is 2.81. The lowest BCUT2D eigenvalue weighted by Crippen LogP contribution is -2.26. The Morgan fingerprint density at radius 3 is 2.47 bits per heavy atom. The molecule has 3 rings (SSSR count). The predicted molar refractivity (Wildman–Crippen MR) is 131 cm³/mol. The molecule has 0 saturated carbocycles. The summed E-state index contributed by atoms with van der Waals surface area (Å²) < 4.78 is 12.4. The largest absolute Gasteiger partial charge is 0.507 e. The molecule has 0 aliphatic heterocycles. The van der Waals surface area contributed by atoms with Gasteiger partial charge in [0.15, 0.2) is 5.43 Å². The number of rotatable bonds is 9. The van der Waals surface area contributed by atoms with Crippen molar-refractivity contribution in [3.63, 3.8) is 0 Å². The first-order valence-corrected chi connectivity index (χ1v) is 11.4. The van der Waals surface area contributed by atoms with Crippen LogP contribution in [0.1, 0.15) is 42.7 Å². The molecule has 8 heteroatoms. The van der Waals surface area contributed by atoms with Crippen LogP contribution in [0.15, 0.2) is 59.5 Å². The van der Waals surface area contributed by atoms with Crippen molar-refractivity contribution in [2.75, 3.05) is 13.2 Å². The summed E-state index contributed by atoms with van der Waals surface area (Å²) in [5, 5.41) is 21.1. The second kappa shape index (κ2) is 11.2. The quantitative estimate of drug-likeness (QED) is 0.422. The SMILES string of the molecule is CCOC(=O)c1cn([C@@H](CO)C(C)C)c(-c2cc(Cl)c(OCc3ccccc3)cc2O)cc1=O. The van der Waals surface area contributed by atoms with E-state index < -0.39 is 17.4 Å². The van der Waals surface area contributed by atoms with Crippen LogP contribution in [-0.2, 0) is 11.3 Å². The summed E-state index contributed by atoms with van der Waals surface area (Å²) in [5.74, 6) is -0.677. The van der Waals surface area contributed by atoms with Crippen LogP contribution < -0.4 is 10.2 Å². The number of nitrogens with zero attached hydrogens (tertiary/aromatic N) is 1. The van der Waals surface area contributed by atoms with Crippen LogP contribution in [-0.4, -0.2) is 34.0 Å². The fraction of sp³-hybridized carbons (Fsp3) is 0.308. The number of aromatic nitrogens is 1. The Morgan fingerprint density at radius 1 is 1.15 bits per heavy atom. The molecule has 1 aromatic heterocycles. The van der Waals surface area contributed by atoms with Gasteiger partial charge >= 0.3 is 5.97 Å². The third-order valence-corrected chi connectivity index (χ3v) is 5.75. The number of hydrogen-bond acceptors (Lipinski definition) is 6. The molecule has 1 heterocycles. The maximum Gasteiger partial charge on any atom is 0.343 e. The molecule has 2 aromatic carbocycles. The summed E-state index contributed by atoms with van der Waals surface area (Å²) >= 11 is 6.46. The molecule has 0 aliphatic carbocycles. The summed E-state index contributed by atoms with van der Waals surface area (Å²) in [6.45, 7) is 5.59. The number of ether oxygens (including phenoxy) is 2. The highest BCUT2D eigenvalue weighted by Crippen LogP contribution is 2.39. The number of phenolic OH excluding ortho intramolecular Hbond substituents is 1. The van der Waals surface area contributed by atoms with Crippen LogP contribution in [0.3, 0.4) is 0 Å². The number of carbonyl (C=O) groups is 1. The topological polar surface area (TPSA) is 98.0 Å². The third kappa shape index (κ3) is 5.61. The van der Waals surface area contributed by atoms with Gasteiger partial charge in [-0.1, -0.05) is 55.8 Å². The lowest BCUT2D eigenvalue weighted by Gasteiger charge is -2.26. The molecule has 0 unspecified atom stereocenters. The molecule has 0 spiro atoms. The van der Waals surface area contributed by atoms with Crippen molar-refractivity contribution < 1.29 is 24.5 Å². The first-order chi connectivity index (χ1) is 16.3. The number of aliphatic hydroxyl groups excluding tert-OH is 1. The Labute approximate surface area is 203 Å². The summed E-state index contributed by atoms with van der Waals surface area (Å²) in [5.41, 5.74) is 0.792. The van der Waals surface area contributed by atoms with Gasteiger partial charge in [-0.2, -0.15) is 0 Å². The second-order valence-corrected chi connectivity index (χ2v) is 8.54. The van der Waals surface area contributed by atoms with Gasteiger partial charge in [0.2, 0.25) is 0 Å². The van der Waals surface area contributed by atoms with Crippen molar-refractivity contribution in [1.29, 1.82) is 0 Å². The van der Waals surface area contributed by atoms with Crippen LogP contribution in [0.4, 0.5) is 0 Å². The molecule has 0 bridgehead atoms. The van der Waals surface area contributed by atoms with Crippen molar-refractivity contribution in [1.82, 2.24) is 4.57 Å². The van der Waals surface area contributed by atoms with Crippen molar-refractivity contribution in [3.05, 3.63) is 81.1 Å². The van der Waals surface area contributed by atoms with E-state index in [1.807, 2.05) is 44.2 Å². The zero-order chi connectivity index (χ0) is 24.8. The summed E-state index contributed by atoms with van der Waals surface area (Å²) in [7, 11) is 0. The molecule has 34 heavy (non-hydrogen) atoms. The first kappa shape index (κ1) is 25.3. The van der Waals surface area contributed by atoms with Gasteiger partial charge in [-0.3, -0.25) is 4.79 Å². The number of hydrogen-bond donors (Lipinski definition) is 2. The van der Waals surface area contributed by atoms with E-state index in [4.69, 9.17) is 21.1 Å². The van der Waals surface area contributed by atoms with Gasteiger partial charge in [0.1, 0.15) is 23.7 Å². The van der Waals surface area contributed by atoms with Crippen LogP contribution in [0.2, 0.25) is 5.02 Å². The Bertz CT molecular complexity index is 1210. The minimum Gasteiger partial charge on any atom is -0.507 e. The van der Waals surface area contributed by atoms with Gasteiger partial charge in [0.25, 0.3) is 0 Å². The average molecular weight is 486 g/mol. The molecule has 2 N–H and O–H groups in total. The smallest absolute Gasteiger partial charge is 0.343 e. The van der Waals surface area contributed by atoms with Crippen molar-refractivity contribution in [2.24, 2.45) is 5.92 Å². The fourth-order valence-electron chi connectivity index (χ4n) is 3.62. The predicted octanol–water partition coefficient (Wildman–Crippen LogP) is 4.82. The van der Waals surface area contributed by atoms with Gasteiger partial charge in [-0.25, -0.2) is 4.79 Å². The van der Waals surface area contributed by atoms with Gasteiger partial charge in [0.05, 0.1) is 30.0 Å². The Balaban J connectivity index is 2.08. The highest BCUT2D eigenvalue weighted by atomic mass is 35.5. The first-order valence-electron chi connectivity index (χ1n) is 11.0. The highest BCUT2D eigenvalue weighted by molar-refractivity contribution is 6.32. The molecule has 0 radical (unpaired) electrons. The van der Waals surface area contributed by atoms with E-state index in [1.165, 1.54) is 24.4 Å². The molecule has 180 valence electrons. The Kier molecular flexibility index (Phi) is 8.36. The van der Waals surface area contributed by atoms with E-state index in [-0.39, 0.29) is 53.4 Å². The molecular weight excluding hydrogens is 458 g/mol. The highest BCUT2D eigenvalue weighted by Gasteiger charge is 2.24. The number of aliphatic hydroxyl groups is 1. The van der Waals surface area contributed by atoms with Crippen LogP contribution in [0.5, 0.6) is 11.5 Å². The normalized spacial score (nSPS) is 11.9. The van der Waals surface area contributed by atoms with Crippen LogP contribution >= 0.6 is 11.6 Å². The summed E-state index contributed by atoms with van der Waals surface area (Å²) in [4.78, 5) is 25.1. The lowest BCUT2D eigenvalue weighted by atomic mass is 10.0. The summed E-state index contributed by atoms with van der Waals surface area (Å²) in [6.07, 6.45) is 1.36. The molecule has 3 aromatic rings. The number of pyridine rings is 1. The molecular formula is C26H28ClNO6. The minimum atomic E-state index is -0.750. The Morgan fingerprint density at radius 2 is 1.85 bits per heavy atom. The van der Waals surface area contributed by atoms with E-state index in [0.29, 0.717) is 5.69 Å². The molecule has 0 amide bonds. The van der Waals surface area contributed by atoms with E-state index in [0.717, 1.165) is 5.56 Å². The molecule has 0 aliphatic rings. The van der Waals surface area contributed by atoms with E-state index in [9.17, 15) is 19.8 Å². The number of esters is 1. The van der Waals surface area contributed by atoms with Gasteiger partial charge < -0.3 is 24.3 Å². The second-order valence-electron chi connectivity index (χ2n) is 8.13. The Hall–Kier alpha value is -3.29. The van der Waals surface area contributed by atoms with Crippen LogP contribution in [0, 0.1) is 5.92 Å². The monoisotopic (exact) mass is 485 g/mol. The van der Waals surface area contributed by atoms with Crippen molar-refractivity contribution in [3.8, 4) is 22.8 Å². The van der Waals surface area contributed by atoms with Crippen LogP contribution in [0.25, 0.3) is 11.3 Å². The van der Waals surface area contributed by atoms with Crippen molar-refractivity contribution in [2.45, 2.75) is 33.4 Å². The number of phenols is 1. The number of benzene rings is 2. The molecule has 0 saturated heterocycles. The number of aromatic hydroxyl groups is 1.